The van der Waals surface area contributed by atoms with Gasteiger partial charge in [-0.1, -0.05) is 30.0 Å². The maximum absolute atomic E-state index is 13.4. The van der Waals surface area contributed by atoms with Gasteiger partial charge in [0.15, 0.2) is 5.17 Å². The molecule has 9 heteroatoms. The Morgan fingerprint density at radius 1 is 1.09 bits per heavy atom. The SMILES string of the molecule is COC(=O)CCCNC(=O)CSC1=N/C(=C\c2ccc(OC)cc2)C(=O)N1c1cc(C)cc(C)c1. The van der Waals surface area contributed by atoms with Gasteiger partial charge in [-0.3, -0.25) is 19.3 Å². The predicted molar refractivity (Wildman–Crippen MR) is 139 cm³/mol. The molecule has 0 spiro atoms. The molecule has 3 rings (SSSR count). The second kappa shape index (κ2) is 12.2. The first-order chi connectivity index (χ1) is 16.8. The zero-order valence-corrected chi connectivity index (χ0v) is 21.1. The van der Waals surface area contributed by atoms with E-state index in [1.165, 1.54) is 18.9 Å². The van der Waals surface area contributed by atoms with E-state index in [9.17, 15) is 14.4 Å². The van der Waals surface area contributed by atoms with Crippen LogP contribution in [-0.2, 0) is 19.1 Å². The first-order valence-corrected chi connectivity index (χ1v) is 12.1. The highest BCUT2D eigenvalue weighted by Crippen LogP contribution is 2.31. The molecule has 184 valence electrons. The Balaban J connectivity index is 1.77. The molecule has 8 nitrogen and oxygen atoms in total. The van der Waals surface area contributed by atoms with E-state index in [1.807, 2.05) is 56.3 Å². The Kier molecular flexibility index (Phi) is 9.08. The molecule has 1 heterocycles. The number of amidine groups is 1. The van der Waals surface area contributed by atoms with Gasteiger partial charge < -0.3 is 14.8 Å². The van der Waals surface area contributed by atoms with Gasteiger partial charge in [-0.25, -0.2) is 4.99 Å². The lowest BCUT2D eigenvalue weighted by molar-refractivity contribution is -0.140. The monoisotopic (exact) mass is 495 g/mol. The lowest BCUT2D eigenvalue weighted by Gasteiger charge is -2.19. The van der Waals surface area contributed by atoms with E-state index in [1.54, 1.807) is 18.1 Å². The Morgan fingerprint density at radius 3 is 2.40 bits per heavy atom. The number of carbonyl (C=O) groups is 3. The predicted octanol–water partition coefficient (Wildman–Crippen LogP) is 3.86. The summed E-state index contributed by atoms with van der Waals surface area (Å²) in [4.78, 5) is 43.0. The molecule has 0 aromatic heterocycles. The van der Waals surface area contributed by atoms with E-state index in [0.29, 0.717) is 23.8 Å². The fourth-order valence-electron chi connectivity index (χ4n) is 3.50. The highest BCUT2D eigenvalue weighted by atomic mass is 32.2. The molecule has 0 atom stereocenters. The van der Waals surface area contributed by atoms with Gasteiger partial charge in [0.05, 0.1) is 25.7 Å². The maximum atomic E-state index is 13.4. The van der Waals surface area contributed by atoms with Crippen LogP contribution in [0.1, 0.15) is 29.5 Å². The average Bonchev–Trinajstić information content (AvgIpc) is 3.14. The van der Waals surface area contributed by atoms with Gasteiger partial charge in [-0.15, -0.1) is 0 Å². The first-order valence-electron chi connectivity index (χ1n) is 11.1. The third-order valence-electron chi connectivity index (χ3n) is 5.15. The smallest absolute Gasteiger partial charge is 0.305 e. The summed E-state index contributed by atoms with van der Waals surface area (Å²) >= 11 is 1.19. The molecule has 2 aromatic carbocycles. The number of hydrogen-bond acceptors (Lipinski definition) is 7. The summed E-state index contributed by atoms with van der Waals surface area (Å²) in [5, 5.41) is 3.21. The number of anilines is 1. The Hall–Kier alpha value is -3.59. The van der Waals surface area contributed by atoms with E-state index in [4.69, 9.17) is 4.74 Å². The van der Waals surface area contributed by atoms with Crippen molar-refractivity contribution in [1.82, 2.24) is 5.32 Å². The van der Waals surface area contributed by atoms with Crippen molar-refractivity contribution in [2.24, 2.45) is 4.99 Å². The van der Waals surface area contributed by atoms with Crippen molar-refractivity contribution >= 4 is 46.5 Å². The molecule has 0 unspecified atom stereocenters. The Bertz CT molecular complexity index is 1140. The number of aliphatic imine (C=N–C) groups is 1. The van der Waals surface area contributed by atoms with Crippen molar-refractivity contribution in [3.05, 3.63) is 64.9 Å². The van der Waals surface area contributed by atoms with Gasteiger partial charge in [-0.05, 0) is 67.3 Å². The number of carbonyl (C=O) groups excluding carboxylic acids is 3. The van der Waals surface area contributed by atoms with Gasteiger partial charge in [0.25, 0.3) is 5.91 Å². The molecule has 1 N–H and O–H groups in total. The van der Waals surface area contributed by atoms with E-state index >= 15 is 0 Å². The molecule has 0 saturated heterocycles. The summed E-state index contributed by atoms with van der Waals surface area (Å²) in [5.41, 5.74) is 3.85. The van der Waals surface area contributed by atoms with E-state index in [0.717, 1.165) is 22.4 Å². The number of hydrogen-bond donors (Lipinski definition) is 1. The molecule has 35 heavy (non-hydrogen) atoms. The molecular weight excluding hydrogens is 466 g/mol. The van der Waals surface area contributed by atoms with Crippen LogP contribution in [0.5, 0.6) is 5.75 Å². The van der Waals surface area contributed by atoms with Gasteiger partial charge in [0.1, 0.15) is 11.4 Å². The largest absolute Gasteiger partial charge is 0.497 e. The minimum Gasteiger partial charge on any atom is -0.497 e. The van der Waals surface area contributed by atoms with Gasteiger partial charge >= 0.3 is 5.97 Å². The van der Waals surface area contributed by atoms with Crippen LogP contribution in [0.3, 0.4) is 0 Å². The number of methoxy groups -OCH3 is 2. The number of aryl methyl sites for hydroxylation is 2. The number of benzene rings is 2. The van der Waals surface area contributed by atoms with Crippen molar-refractivity contribution < 1.29 is 23.9 Å². The maximum Gasteiger partial charge on any atom is 0.305 e. The summed E-state index contributed by atoms with van der Waals surface area (Å²) in [6, 6.07) is 13.2. The average molecular weight is 496 g/mol. The Labute approximate surface area is 209 Å². The fraction of sp³-hybridized carbons (Fsp3) is 0.308. The molecule has 0 fully saturated rings. The summed E-state index contributed by atoms with van der Waals surface area (Å²) in [6.45, 7) is 4.30. The second-order valence-electron chi connectivity index (χ2n) is 8.00. The lowest BCUT2D eigenvalue weighted by Crippen LogP contribution is -2.32. The fourth-order valence-corrected chi connectivity index (χ4v) is 4.34. The number of nitrogens with one attached hydrogen (secondary N) is 1. The molecule has 0 saturated carbocycles. The van der Waals surface area contributed by atoms with Crippen LogP contribution in [0.2, 0.25) is 0 Å². The van der Waals surface area contributed by atoms with Crippen LogP contribution >= 0.6 is 11.8 Å². The van der Waals surface area contributed by atoms with Crippen LogP contribution in [0.25, 0.3) is 6.08 Å². The zero-order valence-electron chi connectivity index (χ0n) is 20.3. The minimum absolute atomic E-state index is 0.0848. The zero-order chi connectivity index (χ0) is 25.4. The van der Waals surface area contributed by atoms with Crippen molar-refractivity contribution in [1.29, 1.82) is 0 Å². The van der Waals surface area contributed by atoms with E-state index in [2.05, 4.69) is 15.0 Å². The van der Waals surface area contributed by atoms with Gasteiger partial charge in [-0.2, -0.15) is 0 Å². The molecule has 0 bridgehead atoms. The second-order valence-corrected chi connectivity index (χ2v) is 8.94. The summed E-state index contributed by atoms with van der Waals surface area (Å²) in [5.74, 6) is 0.0307. The Morgan fingerprint density at radius 2 is 1.77 bits per heavy atom. The number of nitrogens with zero attached hydrogens (tertiary/aromatic N) is 2. The topological polar surface area (TPSA) is 97.3 Å². The molecule has 1 aliphatic rings. The molecular formula is C26H29N3O5S. The van der Waals surface area contributed by atoms with E-state index < -0.39 is 0 Å². The molecule has 1 aliphatic heterocycles. The third kappa shape index (κ3) is 7.19. The highest BCUT2D eigenvalue weighted by Gasteiger charge is 2.32. The number of ether oxygens (including phenoxy) is 2. The first kappa shape index (κ1) is 26.0. The molecule has 0 aliphatic carbocycles. The van der Waals surface area contributed by atoms with Crippen LogP contribution in [-0.4, -0.2) is 49.5 Å². The van der Waals surface area contributed by atoms with Crippen molar-refractivity contribution in [3.8, 4) is 5.75 Å². The molecule has 2 amide bonds. The van der Waals surface area contributed by atoms with Crippen molar-refractivity contribution in [2.45, 2.75) is 26.7 Å². The standard InChI is InChI=1S/C26H29N3O5S/c1-17-12-18(2)14-20(13-17)29-25(32)22(15-19-7-9-21(33-3)10-8-19)28-26(29)35-16-23(30)27-11-5-6-24(31)34-4/h7-10,12-15H,5-6,11,16H2,1-4H3,(H,27,30)/b22-15-. The van der Waals surface area contributed by atoms with Gasteiger partial charge in [0, 0.05) is 13.0 Å². The number of amides is 2. The van der Waals surface area contributed by atoms with Crippen molar-refractivity contribution in [3.63, 3.8) is 0 Å². The van der Waals surface area contributed by atoms with Crippen LogP contribution in [0, 0.1) is 13.8 Å². The van der Waals surface area contributed by atoms with Crippen molar-refractivity contribution in [2.75, 3.05) is 31.4 Å². The third-order valence-corrected chi connectivity index (χ3v) is 6.09. The van der Waals surface area contributed by atoms with E-state index in [-0.39, 0.29) is 35.7 Å². The van der Waals surface area contributed by atoms with Crippen LogP contribution < -0.4 is 15.0 Å². The summed E-state index contributed by atoms with van der Waals surface area (Å²) in [7, 11) is 2.93. The van der Waals surface area contributed by atoms with Gasteiger partial charge in [0.2, 0.25) is 5.91 Å². The number of esters is 1. The quantitative estimate of drug-likeness (QED) is 0.322. The molecule has 2 aromatic rings. The number of rotatable bonds is 9. The summed E-state index contributed by atoms with van der Waals surface area (Å²) in [6.07, 6.45) is 2.45. The highest BCUT2D eigenvalue weighted by molar-refractivity contribution is 8.14. The lowest BCUT2D eigenvalue weighted by atomic mass is 10.1. The minimum atomic E-state index is -0.312. The number of thioether (sulfide) groups is 1. The van der Waals surface area contributed by atoms with Crippen LogP contribution in [0.15, 0.2) is 53.2 Å². The normalized spacial score (nSPS) is 14.2. The molecule has 0 radical (unpaired) electrons. The van der Waals surface area contributed by atoms with Crippen LogP contribution in [0.4, 0.5) is 5.69 Å². The summed E-state index contributed by atoms with van der Waals surface area (Å²) < 4.78 is 9.79.